The normalized spacial score (nSPS) is 14.6. The average molecular weight is 306 g/mol. The molecule has 1 rings (SSSR count). The number of benzene rings is 1. The lowest BCUT2D eigenvalue weighted by molar-refractivity contribution is -0.139. The molecule has 0 fully saturated rings. The molecule has 0 aromatic heterocycles. The molecule has 0 bridgehead atoms. The lowest BCUT2D eigenvalue weighted by atomic mass is 9.93. The third kappa shape index (κ3) is 4.97. The van der Waals surface area contributed by atoms with Crippen LogP contribution in [0.25, 0.3) is 0 Å². The summed E-state index contributed by atoms with van der Waals surface area (Å²) in [5.74, 6) is -0.902. The molecule has 1 aromatic rings. The number of rotatable bonds is 4. The first kappa shape index (κ1) is 17.9. The van der Waals surface area contributed by atoms with E-state index in [0.717, 1.165) is 6.07 Å². The Morgan fingerprint density at radius 3 is 2.19 bits per heavy atom. The largest absolute Gasteiger partial charge is 0.416 e. The second-order valence-corrected chi connectivity index (χ2v) is 6.46. The Morgan fingerprint density at radius 1 is 1.19 bits per heavy atom. The van der Waals surface area contributed by atoms with Crippen LogP contribution in [0.15, 0.2) is 18.2 Å². The van der Waals surface area contributed by atoms with Gasteiger partial charge >= 0.3 is 6.18 Å². The number of halogens is 4. The summed E-state index contributed by atoms with van der Waals surface area (Å²) in [6, 6.07) is 2.14. The van der Waals surface area contributed by atoms with E-state index in [4.69, 9.17) is 5.73 Å². The molecule has 0 aliphatic carbocycles. The van der Waals surface area contributed by atoms with E-state index in [9.17, 15) is 17.6 Å². The van der Waals surface area contributed by atoms with Crippen molar-refractivity contribution in [2.45, 2.75) is 33.0 Å². The number of hydrogen-bond donors (Lipinski definition) is 1. The van der Waals surface area contributed by atoms with Crippen molar-refractivity contribution in [3.8, 4) is 0 Å². The van der Waals surface area contributed by atoms with Gasteiger partial charge in [0.25, 0.3) is 0 Å². The lowest BCUT2D eigenvalue weighted by Crippen LogP contribution is -2.37. The predicted molar refractivity (Wildman–Crippen MR) is 75.3 cm³/mol. The van der Waals surface area contributed by atoms with Gasteiger partial charge in [-0.2, -0.15) is 13.2 Å². The summed E-state index contributed by atoms with van der Waals surface area (Å²) in [4.78, 5) is 1.78. The van der Waals surface area contributed by atoms with Crippen molar-refractivity contribution >= 4 is 0 Å². The topological polar surface area (TPSA) is 29.3 Å². The molecule has 0 aliphatic heterocycles. The minimum atomic E-state index is -4.60. The minimum Gasteiger partial charge on any atom is -0.329 e. The second-order valence-electron chi connectivity index (χ2n) is 6.46. The van der Waals surface area contributed by atoms with Gasteiger partial charge in [-0.15, -0.1) is 0 Å². The Hall–Kier alpha value is -1.14. The molecule has 0 spiro atoms. The highest BCUT2D eigenvalue weighted by molar-refractivity contribution is 5.33. The van der Waals surface area contributed by atoms with E-state index in [2.05, 4.69) is 0 Å². The van der Waals surface area contributed by atoms with Gasteiger partial charge in [0.1, 0.15) is 5.82 Å². The van der Waals surface area contributed by atoms with Crippen molar-refractivity contribution in [1.29, 1.82) is 0 Å². The predicted octanol–water partition coefficient (Wildman–Crippen LogP) is 3.82. The SMILES string of the molecule is CN(CC(C)(C)C)C(CN)c1ccc(F)cc1C(F)(F)F. The quantitative estimate of drug-likeness (QED) is 0.857. The highest BCUT2D eigenvalue weighted by atomic mass is 19.4. The number of alkyl halides is 3. The first-order valence-electron chi connectivity index (χ1n) is 6.72. The van der Waals surface area contributed by atoms with Crippen LogP contribution in [0.3, 0.4) is 0 Å². The Kier molecular flexibility index (Phi) is 5.39. The molecule has 1 aromatic carbocycles. The van der Waals surface area contributed by atoms with E-state index in [1.807, 2.05) is 20.8 Å². The smallest absolute Gasteiger partial charge is 0.329 e. The van der Waals surface area contributed by atoms with Gasteiger partial charge in [-0.05, 0) is 30.2 Å². The third-order valence-electron chi connectivity index (χ3n) is 3.16. The van der Waals surface area contributed by atoms with Crippen LogP contribution < -0.4 is 5.73 Å². The number of hydrogen-bond acceptors (Lipinski definition) is 2. The zero-order valence-corrected chi connectivity index (χ0v) is 12.8. The number of nitrogens with two attached hydrogens (primary N) is 1. The average Bonchev–Trinajstić information content (AvgIpc) is 2.28. The molecule has 2 nitrogen and oxygen atoms in total. The van der Waals surface area contributed by atoms with Gasteiger partial charge in [0.15, 0.2) is 0 Å². The molecule has 0 amide bonds. The van der Waals surface area contributed by atoms with Crippen molar-refractivity contribution in [2.24, 2.45) is 11.1 Å². The minimum absolute atomic E-state index is 0.0122. The molecular formula is C15H22F4N2. The third-order valence-corrected chi connectivity index (χ3v) is 3.16. The Bertz CT molecular complexity index is 478. The molecule has 1 atom stereocenters. The van der Waals surface area contributed by atoms with Crippen LogP contribution in [-0.2, 0) is 6.18 Å². The molecule has 6 heteroatoms. The maximum atomic E-state index is 13.2. The van der Waals surface area contributed by atoms with Gasteiger partial charge in [-0.25, -0.2) is 4.39 Å². The molecule has 0 heterocycles. The highest BCUT2D eigenvalue weighted by Gasteiger charge is 2.36. The van der Waals surface area contributed by atoms with E-state index in [1.165, 1.54) is 6.07 Å². The van der Waals surface area contributed by atoms with E-state index in [0.29, 0.717) is 12.6 Å². The number of likely N-dealkylation sites (N-methyl/N-ethyl adjacent to an activating group) is 1. The zero-order valence-electron chi connectivity index (χ0n) is 12.8. The molecule has 0 saturated carbocycles. The summed E-state index contributed by atoms with van der Waals surface area (Å²) >= 11 is 0. The van der Waals surface area contributed by atoms with Crippen molar-refractivity contribution in [3.05, 3.63) is 35.1 Å². The first-order chi connectivity index (χ1) is 9.45. The van der Waals surface area contributed by atoms with Crippen LogP contribution in [0.5, 0.6) is 0 Å². The van der Waals surface area contributed by atoms with Crippen LogP contribution in [0.4, 0.5) is 17.6 Å². The maximum Gasteiger partial charge on any atom is 0.416 e. The molecule has 2 N–H and O–H groups in total. The Morgan fingerprint density at radius 2 is 1.76 bits per heavy atom. The summed E-state index contributed by atoms with van der Waals surface area (Å²) in [5, 5.41) is 0. The maximum absolute atomic E-state index is 13.2. The summed E-state index contributed by atoms with van der Waals surface area (Å²) in [6.07, 6.45) is -4.60. The molecule has 1 unspecified atom stereocenters. The van der Waals surface area contributed by atoms with Crippen molar-refractivity contribution in [3.63, 3.8) is 0 Å². The Balaban J connectivity index is 3.23. The fourth-order valence-electron chi connectivity index (χ4n) is 2.47. The van der Waals surface area contributed by atoms with Crippen LogP contribution in [-0.4, -0.2) is 25.0 Å². The molecule has 120 valence electrons. The summed E-state index contributed by atoms with van der Waals surface area (Å²) < 4.78 is 52.5. The molecule has 0 radical (unpaired) electrons. The van der Waals surface area contributed by atoms with Crippen LogP contribution >= 0.6 is 0 Å². The fraction of sp³-hybridized carbons (Fsp3) is 0.600. The summed E-state index contributed by atoms with van der Waals surface area (Å²) in [5.41, 5.74) is 4.64. The van der Waals surface area contributed by atoms with Gasteiger partial charge in [0, 0.05) is 19.1 Å². The van der Waals surface area contributed by atoms with E-state index >= 15 is 0 Å². The van der Waals surface area contributed by atoms with Crippen molar-refractivity contribution < 1.29 is 17.6 Å². The van der Waals surface area contributed by atoms with Gasteiger partial charge in [0.2, 0.25) is 0 Å². The van der Waals surface area contributed by atoms with Crippen molar-refractivity contribution in [1.82, 2.24) is 4.90 Å². The van der Waals surface area contributed by atoms with Gasteiger partial charge in [0.05, 0.1) is 5.56 Å². The molecule has 0 saturated heterocycles. The van der Waals surface area contributed by atoms with Gasteiger partial charge in [-0.3, -0.25) is 4.90 Å². The number of nitrogens with zero attached hydrogens (tertiary/aromatic N) is 1. The first-order valence-corrected chi connectivity index (χ1v) is 6.72. The standard InChI is InChI=1S/C15H22F4N2/c1-14(2,3)9-21(4)13(8-20)11-6-5-10(16)7-12(11)15(17,18)19/h5-7,13H,8-9,20H2,1-4H3. The van der Waals surface area contributed by atoms with Crippen LogP contribution in [0, 0.1) is 11.2 Å². The summed E-state index contributed by atoms with van der Waals surface area (Å²) in [6.45, 7) is 6.58. The van der Waals surface area contributed by atoms with E-state index in [1.54, 1.807) is 11.9 Å². The monoisotopic (exact) mass is 306 g/mol. The molecule has 21 heavy (non-hydrogen) atoms. The van der Waals surface area contributed by atoms with Gasteiger partial charge < -0.3 is 5.73 Å². The lowest BCUT2D eigenvalue weighted by Gasteiger charge is -2.34. The fourth-order valence-corrected chi connectivity index (χ4v) is 2.47. The van der Waals surface area contributed by atoms with Crippen molar-refractivity contribution in [2.75, 3.05) is 20.1 Å². The molecular weight excluding hydrogens is 284 g/mol. The molecule has 0 aliphatic rings. The highest BCUT2D eigenvalue weighted by Crippen LogP contribution is 2.36. The Labute approximate surface area is 122 Å². The van der Waals surface area contributed by atoms with E-state index < -0.39 is 23.6 Å². The zero-order chi connectivity index (χ0) is 16.4. The van der Waals surface area contributed by atoms with Crippen LogP contribution in [0.2, 0.25) is 0 Å². The summed E-state index contributed by atoms with van der Waals surface area (Å²) in [7, 11) is 1.73. The second kappa shape index (κ2) is 6.32. The van der Waals surface area contributed by atoms with E-state index in [-0.39, 0.29) is 17.5 Å². The van der Waals surface area contributed by atoms with Gasteiger partial charge in [-0.1, -0.05) is 26.8 Å². The van der Waals surface area contributed by atoms with Crippen LogP contribution in [0.1, 0.15) is 37.9 Å².